The fourth-order valence-electron chi connectivity index (χ4n) is 2.33. The van der Waals surface area contributed by atoms with E-state index in [1.165, 1.54) is 12.1 Å². The Morgan fingerprint density at radius 3 is 2.65 bits per heavy atom. The van der Waals surface area contributed by atoms with Gasteiger partial charge in [-0.05, 0) is 47.9 Å². The van der Waals surface area contributed by atoms with Crippen LogP contribution in [0.1, 0.15) is 46.1 Å². The maximum atomic E-state index is 12.9. The summed E-state index contributed by atoms with van der Waals surface area (Å²) >= 11 is 0. The molecule has 0 amide bonds. The van der Waals surface area contributed by atoms with Crippen LogP contribution in [0.25, 0.3) is 0 Å². The van der Waals surface area contributed by atoms with E-state index in [1.807, 2.05) is 13.8 Å². The van der Waals surface area contributed by atoms with Crippen LogP contribution < -0.4 is 0 Å². The highest BCUT2D eigenvalue weighted by Gasteiger charge is 2.24. The molecular weight excluding hydrogens is 215 g/mol. The second-order valence-corrected chi connectivity index (χ2v) is 5.34. The van der Waals surface area contributed by atoms with E-state index in [1.54, 1.807) is 12.1 Å². The van der Waals surface area contributed by atoms with Gasteiger partial charge in [-0.3, -0.25) is 0 Å². The van der Waals surface area contributed by atoms with Gasteiger partial charge >= 0.3 is 0 Å². The first-order valence-electron chi connectivity index (χ1n) is 6.55. The van der Waals surface area contributed by atoms with Gasteiger partial charge in [-0.15, -0.1) is 0 Å². The average Bonchev–Trinajstić information content (AvgIpc) is 2.33. The van der Waals surface area contributed by atoms with Crippen LogP contribution in [-0.4, -0.2) is 5.11 Å². The Morgan fingerprint density at radius 2 is 2.00 bits per heavy atom. The van der Waals surface area contributed by atoms with Crippen molar-refractivity contribution in [2.24, 2.45) is 5.41 Å². The molecule has 0 radical (unpaired) electrons. The highest BCUT2D eigenvalue weighted by Crippen LogP contribution is 2.38. The molecule has 92 valence electrons. The fraction of sp³-hybridized carbons (Fsp3) is 0.467. The Balaban J connectivity index is 2.33. The van der Waals surface area contributed by atoms with Crippen molar-refractivity contribution in [1.29, 1.82) is 0 Å². The second kappa shape index (κ2) is 4.61. The monoisotopic (exact) mass is 235 g/mol. The molecule has 1 unspecified atom stereocenters. The van der Waals surface area contributed by atoms with Crippen LogP contribution in [0.5, 0.6) is 0 Å². The lowest BCUT2D eigenvalue weighted by molar-refractivity contribution is 0.201. The summed E-state index contributed by atoms with van der Waals surface area (Å²) in [6, 6.07) is 6.39. The smallest absolute Gasteiger partial charge is 0.123 e. The molecule has 0 aromatic heterocycles. The zero-order valence-corrected chi connectivity index (χ0v) is 10.3. The van der Waals surface area contributed by atoms with Gasteiger partial charge in [0.15, 0.2) is 0 Å². The third-order valence-corrected chi connectivity index (χ3v) is 3.26. The van der Waals surface area contributed by atoms with Gasteiger partial charge in [0.25, 0.3) is 0 Å². The number of allylic oxidation sites excluding steroid dienone is 1. The molecule has 1 atom stereocenters. The van der Waals surface area contributed by atoms with E-state index in [-0.39, 0.29) is 11.2 Å². The van der Waals surface area contributed by atoms with Crippen LogP contribution in [0, 0.1) is 11.2 Å². The molecule has 0 fully saturated rings. The molecule has 0 aliphatic heterocycles. The molecule has 1 aromatic carbocycles. The van der Waals surface area contributed by atoms with E-state index in [2.05, 4.69) is 0 Å². The predicted octanol–water partition coefficient (Wildman–Crippen LogP) is 4.00. The van der Waals surface area contributed by atoms with Gasteiger partial charge in [0.2, 0.25) is 0 Å². The van der Waals surface area contributed by atoms with Crippen LogP contribution in [0.15, 0.2) is 35.9 Å². The van der Waals surface area contributed by atoms with Crippen molar-refractivity contribution in [2.75, 3.05) is 0 Å². The van der Waals surface area contributed by atoms with Crippen molar-refractivity contribution in [3.05, 3.63) is 47.3 Å². The van der Waals surface area contributed by atoms with E-state index in [0.717, 1.165) is 24.8 Å². The summed E-state index contributed by atoms with van der Waals surface area (Å²) < 4.78 is 21.1. The Kier molecular flexibility index (Phi) is 2.98. The molecule has 1 nitrogen and oxygen atoms in total. The van der Waals surface area contributed by atoms with Crippen LogP contribution >= 0.6 is 0 Å². The largest absolute Gasteiger partial charge is 0.384 e. The second-order valence-electron chi connectivity index (χ2n) is 5.34. The van der Waals surface area contributed by atoms with Crippen molar-refractivity contribution in [2.45, 2.75) is 39.2 Å². The highest BCUT2D eigenvalue weighted by molar-refractivity contribution is 5.28. The molecule has 0 spiro atoms. The molecule has 2 heteroatoms. The quantitative estimate of drug-likeness (QED) is 0.768. The van der Waals surface area contributed by atoms with Gasteiger partial charge in [-0.1, -0.05) is 32.0 Å². The van der Waals surface area contributed by atoms with Gasteiger partial charge in [0, 0.05) is 0 Å². The zero-order valence-electron chi connectivity index (χ0n) is 11.3. The first kappa shape index (κ1) is 11.0. The maximum Gasteiger partial charge on any atom is 0.123 e. The van der Waals surface area contributed by atoms with Crippen molar-refractivity contribution in [3.8, 4) is 0 Å². The minimum absolute atomic E-state index is 0.172. The average molecular weight is 235 g/mol. The van der Waals surface area contributed by atoms with E-state index < -0.39 is 6.10 Å². The first-order valence-corrected chi connectivity index (χ1v) is 6.05. The summed E-state index contributed by atoms with van der Waals surface area (Å²) in [4.78, 5) is 0. The number of rotatable bonds is 2. The molecular formula is C15H19FO. The highest BCUT2D eigenvalue weighted by atomic mass is 19.1. The Bertz CT molecular complexity index is 462. The Morgan fingerprint density at radius 1 is 1.35 bits per heavy atom. The van der Waals surface area contributed by atoms with Crippen LogP contribution in [0.3, 0.4) is 0 Å². The van der Waals surface area contributed by atoms with E-state index >= 15 is 0 Å². The molecule has 1 N–H and O–H groups in total. The lowest BCUT2D eigenvalue weighted by Crippen LogP contribution is -2.16. The van der Waals surface area contributed by atoms with Crippen LogP contribution in [0.2, 0.25) is 0 Å². The first-order chi connectivity index (χ1) is 8.42. The summed E-state index contributed by atoms with van der Waals surface area (Å²) in [5, 5.41) is 10.3. The Labute approximate surface area is 103 Å². The van der Waals surface area contributed by atoms with Gasteiger partial charge in [-0.25, -0.2) is 4.39 Å². The van der Waals surface area contributed by atoms with E-state index in [4.69, 9.17) is 1.37 Å². The van der Waals surface area contributed by atoms with Crippen molar-refractivity contribution < 1.29 is 10.9 Å². The van der Waals surface area contributed by atoms with E-state index in [9.17, 15) is 9.50 Å². The molecule has 0 saturated carbocycles. The molecule has 1 aromatic rings. The number of aliphatic hydroxyl groups excluding tert-OH is 1. The van der Waals surface area contributed by atoms with Crippen LogP contribution in [0.4, 0.5) is 4.39 Å². The number of benzene rings is 1. The minimum atomic E-state index is -0.780. The lowest BCUT2D eigenvalue weighted by atomic mass is 9.77. The molecule has 1 aliphatic carbocycles. The van der Waals surface area contributed by atoms with Crippen molar-refractivity contribution in [3.63, 3.8) is 0 Å². The summed E-state index contributed by atoms with van der Waals surface area (Å²) in [6.07, 6.45) is 1.94. The fourth-order valence-corrected chi connectivity index (χ4v) is 2.33. The maximum absolute atomic E-state index is 12.9. The molecule has 0 bridgehead atoms. The molecule has 17 heavy (non-hydrogen) atoms. The zero-order chi connectivity index (χ0) is 13.3. The molecule has 0 heterocycles. The normalized spacial score (nSPS) is 22.2. The minimum Gasteiger partial charge on any atom is -0.384 e. The number of hydrogen-bond donors (Lipinski definition) is 1. The number of hydrogen-bond acceptors (Lipinski definition) is 1. The van der Waals surface area contributed by atoms with Crippen LogP contribution in [-0.2, 0) is 0 Å². The SMILES string of the molecule is [2H]C1=C(C(O)c2ccc(F)cc2)CCCC1(C)C. The van der Waals surface area contributed by atoms with Gasteiger partial charge in [0.05, 0.1) is 1.37 Å². The third-order valence-electron chi connectivity index (χ3n) is 3.26. The predicted molar refractivity (Wildman–Crippen MR) is 67.1 cm³/mol. The van der Waals surface area contributed by atoms with Crippen molar-refractivity contribution in [1.82, 2.24) is 0 Å². The third kappa shape index (κ3) is 2.95. The Hall–Kier alpha value is -1.15. The topological polar surface area (TPSA) is 20.2 Å². The lowest BCUT2D eigenvalue weighted by Gasteiger charge is -2.29. The van der Waals surface area contributed by atoms with Gasteiger partial charge < -0.3 is 5.11 Å². The standard InChI is InChI=1S/C15H19FO/c1-15(2)9-3-4-12(10-15)14(17)11-5-7-13(16)8-6-11/h5-8,10,14,17H,3-4,9H2,1-2H3/i10D. The summed E-state index contributed by atoms with van der Waals surface area (Å²) in [6.45, 7) is 4.07. The van der Waals surface area contributed by atoms with Crippen molar-refractivity contribution >= 4 is 0 Å². The summed E-state index contributed by atoms with van der Waals surface area (Å²) in [7, 11) is 0. The number of halogens is 1. The van der Waals surface area contributed by atoms with E-state index in [0.29, 0.717) is 11.6 Å². The summed E-state index contributed by atoms with van der Waals surface area (Å²) in [5.41, 5.74) is 1.26. The van der Waals surface area contributed by atoms with Gasteiger partial charge in [-0.2, -0.15) is 0 Å². The summed E-state index contributed by atoms with van der Waals surface area (Å²) in [5.74, 6) is -0.310. The van der Waals surface area contributed by atoms with Gasteiger partial charge in [0.1, 0.15) is 11.9 Å². The number of aliphatic hydroxyl groups is 1. The molecule has 2 rings (SSSR count). The molecule has 0 saturated heterocycles. The molecule has 1 aliphatic rings.